The van der Waals surface area contributed by atoms with Crippen molar-refractivity contribution in [1.82, 2.24) is 0 Å². The van der Waals surface area contributed by atoms with Crippen LogP contribution in [0.2, 0.25) is 0 Å². The van der Waals surface area contributed by atoms with Crippen molar-refractivity contribution in [2.45, 2.75) is 39.5 Å². The Kier molecular flexibility index (Phi) is 9.98. The number of unbranched alkanes of at least 4 members (excludes halogenated alkanes) is 1. The summed E-state index contributed by atoms with van der Waals surface area (Å²) in [7, 11) is 0. The van der Waals surface area contributed by atoms with Crippen LogP contribution in [-0.2, 0) is 21.9 Å². The molecule has 0 aliphatic rings. The van der Waals surface area contributed by atoms with Crippen LogP contribution in [-0.4, -0.2) is 5.97 Å². The SMILES string of the molecule is CCCCC(CC)C(=O)[O-].[Fe+3]. The molecule has 0 rings (SSSR count). The summed E-state index contributed by atoms with van der Waals surface area (Å²) >= 11 is 0. The molecule has 1 atom stereocenters. The molecule has 1 unspecified atom stereocenters. The number of carboxylic acids is 1. The van der Waals surface area contributed by atoms with Crippen molar-refractivity contribution in [2.75, 3.05) is 0 Å². The number of rotatable bonds is 5. The summed E-state index contributed by atoms with van der Waals surface area (Å²) < 4.78 is 0. The summed E-state index contributed by atoms with van der Waals surface area (Å²) in [5, 5.41) is 10.3. The summed E-state index contributed by atoms with van der Waals surface area (Å²) in [5.74, 6) is -1.11. The van der Waals surface area contributed by atoms with Crippen LogP contribution in [0.1, 0.15) is 39.5 Å². The second-order valence-electron chi connectivity index (χ2n) is 2.57. The van der Waals surface area contributed by atoms with Gasteiger partial charge >= 0.3 is 17.1 Å². The van der Waals surface area contributed by atoms with Crippen molar-refractivity contribution in [3.8, 4) is 0 Å². The van der Waals surface area contributed by atoms with E-state index in [-0.39, 0.29) is 23.0 Å². The molecule has 0 N–H and O–H groups in total. The Bertz CT molecular complexity index is 104. The minimum absolute atomic E-state index is 0. The molecule has 0 aromatic heterocycles. The standard InChI is InChI=1S/C8H16O2.Fe/c1-3-5-6-7(4-2)8(9)10;/h7H,3-6H2,1-2H3,(H,9,10);/q;+3/p-1. The molecule has 0 aromatic rings. The Labute approximate surface area is 78.8 Å². The number of carbonyl (C=O) groups excluding carboxylic acids is 1. The first-order valence-electron chi connectivity index (χ1n) is 3.93. The average Bonchev–Trinajstić information content (AvgIpc) is 1.89. The smallest absolute Gasteiger partial charge is 0.550 e. The number of carbonyl (C=O) groups is 1. The van der Waals surface area contributed by atoms with Crippen LogP contribution in [0.25, 0.3) is 0 Å². The number of hydrogen-bond donors (Lipinski definition) is 0. The molecule has 0 aromatic carbocycles. The van der Waals surface area contributed by atoms with Crippen molar-refractivity contribution in [1.29, 1.82) is 0 Å². The van der Waals surface area contributed by atoms with E-state index in [0.29, 0.717) is 6.42 Å². The van der Waals surface area contributed by atoms with Gasteiger partial charge in [-0.25, -0.2) is 0 Å². The minimum atomic E-state index is -0.893. The van der Waals surface area contributed by atoms with Crippen molar-refractivity contribution in [3.63, 3.8) is 0 Å². The van der Waals surface area contributed by atoms with E-state index in [1.165, 1.54) is 0 Å². The molecular formula is C8H15FeO2+2. The maximum Gasteiger partial charge on any atom is 3.00 e. The maximum atomic E-state index is 10.3. The fourth-order valence-electron chi connectivity index (χ4n) is 0.939. The van der Waals surface area contributed by atoms with Gasteiger partial charge in [0.25, 0.3) is 0 Å². The molecule has 0 amide bonds. The van der Waals surface area contributed by atoms with Gasteiger partial charge in [0.05, 0.1) is 0 Å². The predicted octanol–water partition coefficient (Wildman–Crippen LogP) is 0.950. The third-order valence-corrected chi connectivity index (χ3v) is 1.73. The number of aliphatic carboxylic acids is 1. The summed E-state index contributed by atoms with van der Waals surface area (Å²) in [4.78, 5) is 10.3. The summed E-state index contributed by atoms with van der Waals surface area (Å²) in [6.07, 6.45) is 3.52. The van der Waals surface area contributed by atoms with E-state index in [1.54, 1.807) is 0 Å². The van der Waals surface area contributed by atoms with Crippen molar-refractivity contribution >= 4 is 5.97 Å². The van der Waals surface area contributed by atoms with Gasteiger partial charge in [0.15, 0.2) is 0 Å². The van der Waals surface area contributed by atoms with Crippen LogP contribution >= 0.6 is 0 Å². The quantitative estimate of drug-likeness (QED) is 0.618. The van der Waals surface area contributed by atoms with E-state index in [4.69, 9.17) is 0 Å². The van der Waals surface area contributed by atoms with E-state index < -0.39 is 5.97 Å². The molecule has 0 aliphatic carbocycles. The van der Waals surface area contributed by atoms with Gasteiger partial charge in [0.2, 0.25) is 0 Å². The third-order valence-electron chi connectivity index (χ3n) is 1.73. The maximum absolute atomic E-state index is 10.3. The van der Waals surface area contributed by atoms with Gasteiger partial charge in [-0.1, -0.05) is 26.7 Å². The normalized spacial score (nSPS) is 11.8. The zero-order valence-corrected chi connectivity index (χ0v) is 8.18. The van der Waals surface area contributed by atoms with Gasteiger partial charge in [0.1, 0.15) is 0 Å². The van der Waals surface area contributed by atoms with Crippen LogP contribution in [0.15, 0.2) is 0 Å². The molecule has 0 spiro atoms. The molecule has 3 heteroatoms. The zero-order valence-electron chi connectivity index (χ0n) is 7.08. The van der Waals surface area contributed by atoms with Crippen LogP contribution in [0.4, 0.5) is 0 Å². The molecule has 0 bridgehead atoms. The Hall–Kier alpha value is -0.0105. The Balaban J connectivity index is 0. The Morgan fingerprint density at radius 1 is 1.45 bits per heavy atom. The van der Waals surface area contributed by atoms with E-state index in [9.17, 15) is 9.90 Å². The first-order valence-corrected chi connectivity index (χ1v) is 3.93. The zero-order chi connectivity index (χ0) is 7.98. The van der Waals surface area contributed by atoms with Gasteiger partial charge in [-0.3, -0.25) is 0 Å². The molecule has 65 valence electrons. The van der Waals surface area contributed by atoms with Gasteiger partial charge in [0, 0.05) is 5.97 Å². The molecule has 0 saturated heterocycles. The van der Waals surface area contributed by atoms with E-state index in [2.05, 4.69) is 6.92 Å². The van der Waals surface area contributed by atoms with Crippen LogP contribution in [0.3, 0.4) is 0 Å². The third kappa shape index (κ3) is 6.39. The molecule has 0 aliphatic heterocycles. The summed E-state index contributed by atoms with van der Waals surface area (Å²) in [5.41, 5.74) is 0. The molecule has 0 fully saturated rings. The molecular weight excluding hydrogens is 184 g/mol. The van der Waals surface area contributed by atoms with Crippen LogP contribution in [0, 0.1) is 5.92 Å². The minimum Gasteiger partial charge on any atom is -0.550 e. The first kappa shape index (κ1) is 13.6. The van der Waals surface area contributed by atoms with Gasteiger partial charge < -0.3 is 9.90 Å². The fraction of sp³-hybridized carbons (Fsp3) is 0.875. The number of hydrogen-bond acceptors (Lipinski definition) is 2. The molecule has 11 heavy (non-hydrogen) atoms. The predicted molar refractivity (Wildman–Crippen MR) is 38.3 cm³/mol. The molecule has 0 saturated carbocycles. The number of carboxylic acid groups (broad SMARTS) is 1. The first-order chi connectivity index (χ1) is 4.72. The second kappa shape index (κ2) is 8.09. The van der Waals surface area contributed by atoms with E-state index in [1.807, 2.05) is 6.92 Å². The van der Waals surface area contributed by atoms with Crippen molar-refractivity contribution in [2.24, 2.45) is 5.92 Å². The molecule has 2 nitrogen and oxygen atoms in total. The van der Waals surface area contributed by atoms with E-state index in [0.717, 1.165) is 19.3 Å². The van der Waals surface area contributed by atoms with Gasteiger partial charge in [-0.15, -0.1) is 0 Å². The monoisotopic (exact) mass is 199 g/mol. The van der Waals surface area contributed by atoms with E-state index >= 15 is 0 Å². The fourth-order valence-corrected chi connectivity index (χ4v) is 0.939. The Morgan fingerprint density at radius 2 is 2.00 bits per heavy atom. The summed E-state index contributed by atoms with van der Waals surface area (Å²) in [6, 6.07) is 0. The topological polar surface area (TPSA) is 40.1 Å². The molecule has 1 radical (unpaired) electrons. The summed E-state index contributed by atoms with van der Waals surface area (Å²) in [6.45, 7) is 3.94. The largest absolute Gasteiger partial charge is 3.00 e. The molecule has 0 heterocycles. The van der Waals surface area contributed by atoms with Crippen molar-refractivity contribution < 1.29 is 27.0 Å². The second-order valence-corrected chi connectivity index (χ2v) is 2.57. The van der Waals surface area contributed by atoms with Gasteiger partial charge in [-0.05, 0) is 18.8 Å². The van der Waals surface area contributed by atoms with Crippen molar-refractivity contribution in [3.05, 3.63) is 0 Å². The van der Waals surface area contributed by atoms with Crippen LogP contribution < -0.4 is 5.11 Å². The Morgan fingerprint density at radius 3 is 2.27 bits per heavy atom. The van der Waals surface area contributed by atoms with Crippen LogP contribution in [0.5, 0.6) is 0 Å². The van der Waals surface area contributed by atoms with Gasteiger partial charge in [-0.2, -0.15) is 0 Å². The average molecular weight is 199 g/mol.